The van der Waals surface area contributed by atoms with Crippen molar-refractivity contribution in [1.29, 1.82) is 0 Å². The molecule has 0 unspecified atom stereocenters. The molecule has 2 aromatic heterocycles. The van der Waals surface area contributed by atoms with Crippen molar-refractivity contribution in [1.82, 2.24) is 24.8 Å². The normalized spacial score (nSPS) is 19.0. The summed E-state index contributed by atoms with van der Waals surface area (Å²) in [4.78, 5) is 32.4. The number of nitrogens with one attached hydrogen (secondary N) is 3. The first-order chi connectivity index (χ1) is 21.6. The number of carbonyl (C=O) groups is 1. The fraction of sp³-hybridized carbons (Fsp3) is 0.375. The Bertz CT molecular complexity index is 1500. The summed E-state index contributed by atoms with van der Waals surface area (Å²) in [5.74, 6) is 0.239. The molecule has 4 aromatic rings. The van der Waals surface area contributed by atoms with Gasteiger partial charge in [-0.2, -0.15) is 0 Å². The number of amides is 1. The Hall–Kier alpha value is -4.23. The molecule has 0 atom stereocenters. The smallest absolute Gasteiger partial charge is 0.232 e. The number of H-pyrrole nitrogens is 1. The molecule has 2 aliphatic rings. The van der Waals surface area contributed by atoms with Gasteiger partial charge in [0.05, 0.1) is 55.8 Å². The van der Waals surface area contributed by atoms with Gasteiger partial charge in [0.15, 0.2) is 6.29 Å². The van der Waals surface area contributed by atoms with Crippen LogP contribution in [0.15, 0.2) is 66.9 Å². The molecular formula is C32H36FN7O4. The topological polar surface area (TPSA) is 127 Å². The van der Waals surface area contributed by atoms with Crippen LogP contribution in [0.4, 0.5) is 16.0 Å². The van der Waals surface area contributed by atoms with Crippen LogP contribution in [0, 0.1) is 11.7 Å². The molecule has 2 saturated heterocycles. The Morgan fingerprint density at radius 1 is 1.00 bits per heavy atom. The first-order valence-electron chi connectivity index (χ1n) is 14.9. The van der Waals surface area contributed by atoms with E-state index in [1.54, 1.807) is 18.3 Å². The highest BCUT2D eigenvalue weighted by atomic mass is 19.1. The van der Waals surface area contributed by atoms with E-state index in [2.05, 4.69) is 25.5 Å². The van der Waals surface area contributed by atoms with Crippen molar-refractivity contribution in [3.8, 4) is 22.6 Å². The molecule has 3 N–H and O–H groups in total. The molecule has 44 heavy (non-hydrogen) atoms. The highest BCUT2D eigenvalue weighted by Crippen LogP contribution is 2.30. The van der Waals surface area contributed by atoms with Crippen LogP contribution in [0.5, 0.6) is 0 Å². The van der Waals surface area contributed by atoms with Crippen molar-refractivity contribution >= 4 is 17.5 Å². The Labute approximate surface area is 255 Å². The summed E-state index contributed by atoms with van der Waals surface area (Å²) in [6, 6.07) is 17.3. The first kappa shape index (κ1) is 29.8. The average Bonchev–Trinajstić information content (AvgIpc) is 3.48. The van der Waals surface area contributed by atoms with Crippen LogP contribution in [-0.2, 0) is 25.4 Å². The number of anilines is 2. The van der Waals surface area contributed by atoms with Crippen LogP contribution < -0.4 is 10.6 Å². The fourth-order valence-electron chi connectivity index (χ4n) is 5.17. The van der Waals surface area contributed by atoms with Gasteiger partial charge in [0.25, 0.3) is 0 Å². The molecule has 0 radical (unpaired) electrons. The molecule has 2 aliphatic heterocycles. The van der Waals surface area contributed by atoms with Crippen molar-refractivity contribution in [3.63, 3.8) is 0 Å². The summed E-state index contributed by atoms with van der Waals surface area (Å²) in [5.41, 5.74) is 3.43. The van der Waals surface area contributed by atoms with Crippen LogP contribution in [-0.4, -0.2) is 89.6 Å². The lowest BCUT2D eigenvalue weighted by molar-refractivity contribution is -0.199. The lowest BCUT2D eigenvalue weighted by atomic mass is 10.1. The number of morpholine rings is 1. The summed E-state index contributed by atoms with van der Waals surface area (Å²) in [7, 11) is 0. The number of aromatic nitrogens is 4. The number of imidazole rings is 1. The van der Waals surface area contributed by atoms with Gasteiger partial charge >= 0.3 is 0 Å². The van der Waals surface area contributed by atoms with Gasteiger partial charge in [-0.25, -0.2) is 19.3 Å². The second-order valence-electron chi connectivity index (χ2n) is 10.8. The zero-order valence-electron chi connectivity index (χ0n) is 24.4. The Balaban J connectivity index is 1.11. The van der Waals surface area contributed by atoms with Crippen molar-refractivity contribution in [2.24, 2.45) is 5.92 Å². The fourth-order valence-corrected chi connectivity index (χ4v) is 5.17. The van der Waals surface area contributed by atoms with Crippen LogP contribution in [0.3, 0.4) is 0 Å². The minimum absolute atomic E-state index is 0.150. The summed E-state index contributed by atoms with van der Waals surface area (Å²) in [6.45, 7) is 5.67. The molecule has 6 rings (SSSR count). The van der Waals surface area contributed by atoms with E-state index in [9.17, 15) is 9.18 Å². The maximum Gasteiger partial charge on any atom is 0.232 e. The second-order valence-corrected chi connectivity index (χ2v) is 10.8. The zero-order chi connectivity index (χ0) is 30.1. The lowest BCUT2D eigenvalue weighted by Gasteiger charge is -2.28. The highest BCUT2D eigenvalue weighted by molar-refractivity contribution is 5.92. The summed E-state index contributed by atoms with van der Waals surface area (Å²) < 4.78 is 31.0. The predicted molar refractivity (Wildman–Crippen MR) is 163 cm³/mol. The first-order valence-corrected chi connectivity index (χ1v) is 14.9. The maximum absolute atomic E-state index is 13.7. The van der Waals surface area contributed by atoms with Gasteiger partial charge < -0.3 is 29.8 Å². The summed E-state index contributed by atoms with van der Waals surface area (Å²) in [5, 5.41) is 6.22. The van der Waals surface area contributed by atoms with Crippen molar-refractivity contribution in [2.75, 3.05) is 63.2 Å². The molecular weight excluding hydrogens is 565 g/mol. The Morgan fingerprint density at radius 3 is 2.55 bits per heavy atom. The molecule has 12 heteroatoms. The zero-order valence-corrected chi connectivity index (χ0v) is 24.4. The summed E-state index contributed by atoms with van der Waals surface area (Å²) in [6.07, 6.45) is 2.41. The monoisotopic (exact) mass is 601 g/mol. The molecule has 0 aliphatic carbocycles. The molecule has 1 amide bonds. The van der Waals surface area contributed by atoms with Gasteiger partial charge in [0, 0.05) is 37.1 Å². The van der Waals surface area contributed by atoms with Crippen LogP contribution in [0.2, 0.25) is 0 Å². The molecule has 11 nitrogen and oxygen atoms in total. The van der Waals surface area contributed by atoms with Gasteiger partial charge in [0.1, 0.15) is 11.6 Å². The van der Waals surface area contributed by atoms with Crippen LogP contribution in [0.1, 0.15) is 12.2 Å². The SMILES string of the molecule is O=C(Nc1ccccc1)C1COC(Cc2nc(-c3ccc(F)cc3)c(-c3ccnc(NCCCN4CCOCC4)n3)[nH]2)OC1. The number of carbonyl (C=O) groups excluding carboxylic acids is 1. The third-order valence-corrected chi connectivity index (χ3v) is 7.56. The van der Waals surface area contributed by atoms with E-state index >= 15 is 0 Å². The van der Waals surface area contributed by atoms with E-state index < -0.39 is 12.2 Å². The van der Waals surface area contributed by atoms with Crippen molar-refractivity contribution in [3.05, 3.63) is 78.5 Å². The maximum atomic E-state index is 13.7. The van der Waals surface area contributed by atoms with Gasteiger partial charge in [-0.1, -0.05) is 18.2 Å². The number of benzene rings is 2. The number of ether oxygens (including phenoxy) is 3. The molecule has 0 bridgehead atoms. The van der Waals surface area contributed by atoms with E-state index in [-0.39, 0.29) is 24.9 Å². The number of nitrogens with zero attached hydrogens (tertiary/aromatic N) is 4. The minimum atomic E-state index is -0.579. The van der Waals surface area contributed by atoms with Gasteiger partial charge in [-0.05, 0) is 55.4 Å². The Kier molecular flexibility index (Phi) is 9.83. The third-order valence-electron chi connectivity index (χ3n) is 7.56. The molecule has 2 aromatic carbocycles. The van der Waals surface area contributed by atoms with Gasteiger partial charge in [-0.3, -0.25) is 9.69 Å². The second kappa shape index (κ2) is 14.5. The van der Waals surface area contributed by atoms with E-state index in [4.69, 9.17) is 24.2 Å². The number of para-hydroxylation sites is 1. The standard InChI is InChI=1S/C32H36FN7O4/c33-24-9-7-22(8-10-24)29-30(26-11-13-35-32(37-26)34-12-4-14-40-15-17-42-18-16-40)39-27(38-29)19-28-43-20-23(21-44-28)31(41)36-25-5-2-1-3-6-25/h1-3,5-11,13,23,28H,4,12,14-21H2,(H,36,41)(H,38,39)(H,34,35,37). The number of hydrogen-bond donors (Lipinski definition) is 3. The van der Waals surface area contributed by atoms with E-state index in [1.807, 2.05) is 36.4 Å². The lowest BCUT2D eigenvalue weighted by Crippen LogP contribution is -2.39. The van der Waals surface area contributed by atoms with Crippen LogP contribution in [0.25, 0.3) is 22.6 Å². The number of rotatable bonds is 11. The molecule has 0 saturated carbocycles. The number of aromatic amines is 1. The quantitative estimate of drug-likeness (QED) is 0.219. The number of hydrogen-bond acceptors (Lipinski definition) is 9. The van der Waals surface area contributed by atoms with E-state index in [0.717, 1.165) is 57.1 Å². The van der Waals surface area contributed by atoms with Crippen molar-refractivity contribution in [2.45, 2.75) is 19.1 Å². The molecule has 4 heterocycles. The largest absolute Gasteiger partial charge is 0.379 e. The van der Waals surface area contributed by atoms with E-state index in [1.165, 1.54) is 12.1 Å². The van der Waals surface area contributed by atoms with Gasteiger partial charge in [-0.15, -0.1) is 0 Å². The van der Waals surface area contributed by atoms with Crippen molar-refractivity contribution < 1.29 is 23.4 Å². The van der Waals surface area contributed by atoms with E-state index in [0.29, 0.717) is 35.3 Å². The van der Waals surface area contributed by atoms with Crippen LogP contribution >= 0.6 is 0 Å². The third kappa shape index (κ3) is 7.83. The minimum Gasteiger partial charge on any atom is -0.379 e. The molecule has 2 fully saturated rings. The number of halogens is 1. The molecule has 0 spiro atoms. The average molecular weight is 602 g/mol. The highest BCUT2D eigenvalue weighted by Gasteiger charge is 2.29. The summed E-state index contributed by atoms with van der Waals surface area (Å²) >= 11 is 0. The molecule has 230 valence electrons. The Morgan fingerprint density at radius 2 is 1.77 bits per heavy atom. The van der Waals surface area contributed by atoms with Gasteiger partial charge in [0.2, 0.25) is 11.9 Å². The predicted octanol–water partition coefficient (Wildman–Crippen LogP) is 3.98.